The fourth-order valence-electron chi connectivity index (χ4n) is 1.97. The van der Waals surface area contributed by atoms with E-state index in [4.69, 9.17) is 16.3 Å². The molecule has 0 bridgehead atoms. The van der Waals surface area contributed by atoms with Gasteiger partial charge >= 0.3 is 11.8 Å². The molecule has 0 aliphatic rings. The summed E-state index contributed by atoms with van der Waals surface area (Å²) < 4.78 is 5.29. The largest absolute Gasteiger partial charge is 0.494 e. The van der Waals surface area contributed by atoms with Crippen LogP contribution in [0.3, 0.4) is 0 Å². The molecule has 0 aromatic heterocycles. The Morgan fingerprint density at radius 3 is 2.08 bits per heavy atom. The summed E-state index contributed by atoms with van der Waals surface area (Å²) in [5.74, 6) is -1.58. The zero-order valence-electron chi connectivity index (χ0n) is 14.0. The number of amides is 3. The molecule has 0 fully saturated rings. The first-order valence-electron chi connectivity index (χ1n) is 7.85. The van der Waals surface area contributed by atoms with Gasteiger partial charge in [0.2, 0.25) is 5.91 Å². The van der Waals surface area contributed by atoms with Gasteiger partial charge in [0.15, 0.2) is 0 Å². The molecular formula is C18H18ClN3O4. The minimum absolute atomic E-state index is 0.335. The lowest BCUT2D eigenvalue weighted by Crippen LogP contribution is -2.39. The van der Waals surface area contributed by atoms with E-state index in [-0.39, 0.29) is 6.54 Å². The number of halogens is 1. The molecule has 3 amide bonds. The Hall–Kier alpha value is -3.06. The molecule has 26 heavy (non-hydrogen) atoms. The molecule has 0 unspecified atom stereocenters. The van der Waals surface area contributed by atoms with E-state index in [2.05, 4.69) is 16.0 Å². The monoisotopic (exact) mass is 375 g/mol. The molecule has 0 aliphatic heterocycles. The smallest absolute Gasteiger partial charge is 0.313 e. The van der Waals surface area contributed by atoms with Gasteiger partial charge in [0.25, 0.3) is 0 Å². The molecule has 2 rings (SSSR count). The van der Waals surface area contributed by atoms with Gasteiger partial charge in [-0.3, -0.25) is 14.4 Å². The van der Waals surface area contributed by atoms with Crippen LogP contribution in [0.15, 0.2) is 48.5 Å². The highest BCUT2D eigenvalue weighted by atomic mass is 35.5. The summed E-state index contributed by atoms with van der Waals surface area (Å²) in [6, 6.07) is 13.1. The highest BCUT2D eigenvalue weighted by Gasteiger charge is 2.15. The second kappa shape index (κ2) is 9.43. The topological polar surface area (TPSA) is 96.5 Å². The van der Waals surface area contributed by atoms with Crippen molar-refractivity contribution in [3.63, 3.8) is 0 Å². The van der Waals surface area contributed by atoms with Crippen molar-refractivity contribution in [1.82, 2.24) is 5.32 Å². The summed E-state index contributed by atoms with van der Waals surface area (Å²) in [7, 11) is 0. The summed E-state index contributed by atoms with van der Waals surface area (Å²) in [6.45, 7) is 2.06. The van der Waals surface area contributed by atoms with Gasteiger partial charge in [0, 0.05) is 16.4 Å². The van der Waals surface area contributed by atoms with Gasteiger partial charge in [-0.2, -0.15) is 0 Å². The number of hydrogen-bond donors (Lipinski definition) is 3. The molecule has 3 N–H and O–H groups in total. The van der Waals surface area contributed by atoms with Crippen molar-refractivity contribution in [3.05, 3.63) is 53.6 Å². The summed E-state index contributed by atoms with van der Waals surface area (Å²) >= 11 is 5.76. The van der Waals surface area contributed by atoms with Gasteiger partial charge in [-0.25, -0.2) is 0 Å². The van der Waals surface area contributed by atoms with E-state index in [1.165, 1.54) is 0 Å². The van der Waals surface area contributed by atoms with E-state index in [0.717, 1.165) is 0 Å². The Morgan fingerprint density at radius 2 is 1.46 bits per heavy atom. The van der Waals surface area contributed by atoms with Gasteiger partial charge in [0.1, 0.15) is 5.75 Å². The Kier molecular flexibility index (Phi) is 6.99. The minimum atomic E-state index is -0.912. The number of nitrogens with one attached hydrogen (secondary N) is 3. The lowest BCUT2D eigenvalue weighted by molar-refractivity contribution is -0.136. The summed E-state index contributed by atoms with van der Waals surface area (Å²) in [6.07, 6.45) is 0. The van der Waals surface area contributed by atoms with E-state index >= 15 is 0 Å². The zero-order chi connectivity index (χ0) is 18.9. The van der Waals surface area contributed by atoms with Crippen LogP contribution in [0.2, 0.25) is 5.02 Å². The van der Waals surface area contributed by atoms with Gasteiger partial charge < -0.3 is 20.7 Å². The molecular weight excluding hydrogens is 358 g/mol. The predicted molar refractivity (Wildman–Crippen MR) is 99.3 cm³/mol. The van der Waals surface area contributed by atoms with Crippen LogP contribution >= 0.6 is 11.6 Å². The summed E-state index contributed by atoms with van der Waals surface area (Å²) in [4.78, 5) is 35.4. The second-order valence-corrected chi connectivity index (χ2v) is 5.59. The van der Waals surface area contributed by atoms with E-state index in [1.807, 2.05) is 6.92 Å². The number of benzene rings is 2. The van der Waals surface area contributed by atoms with Crippen LogP contribution in [0.4, 0.5) is 11.4 Å². The van der Waals surface area contributed by atoms with Crippen molar-refractivity contribution in [2.45, 2.75) is 6.92 Å². The standard InChI is InChI=1S/C18H18ClN3O4/c1-2-26-15-9-7-14(8-10-15)22-18(25)17(24)20-11-16(23)21-13-5-3-12(19)4-6-13/h3-10H,2,11H2,1H3,(H,20,24)(H,21,23)(H,22,25). The number of hydrogen-bond acceptors (Lipinski definition) is 4. The van der Waals surface area contributed by atoms with Crippen molar-refractivity contribution < 1.29 is 19.1 Å². The number of carbonyl (C=O) groups is 3. The van der Waals surface area contributed by atoms with E-state index in [0.29, 0.717) is 28.8 Å². The van der Waals surface area contributed by atoms with Gasteiger partial charge in [0.05, 0.1) is 13.2 Å². The fourth-order valence-corrected chi connectivity index (χ4v) is 2.09. The molecule has 0 atom stereocenters. The van der Waals surface area contributed by atoms with Crippen LogP contribution in [-0.2, 0) is 14.4 Å². The van der Waals surface area contributed by atoms with Crippen LogP contribution in [0.5, 0.6) is 5.75 Å². The average molecular weight is 376 g/mol. The first-order chi connectivity index (χ1) is 12.5. The molecule has 0 saturated heterocycles. The quantitative estimate of drug-likeness (QED) is 0.675. The van der Waals surface area contributed by atoms with Crippen LogP contribution in [-0.4, -0.2) is 30.9 Å². The molecule has 2 aromatic carbocycles. The molecule has 136 valence electrons. The van der Waals surface area contributed by atoms with E-state index in [1.54, 1.807) is 48.5 Å². The third-order valence-electron chi connectivity index (χ3n) is 3.17. The number of carbonyl (C=O) groups excluding carboxylic acids is 3. The number of anilines is 2. The number of ether oxygens (including phenoxy) is 1. The van der Waals surface area contributed by atoms with Crippen LogP contribution in [0.25, 0.3) is 0 Å². The fraction of sp³-hybridized carbons (Fsp3) is 0.167. The average Bonchev–Trinajstić information content (AvgIpc) is 2.63. The van der Waals surface area contributed by atoms with E-state index < -0.39 is 17.7 Å². The first-order valence-corrected chi connectivity index (χ1v) is 8.23. The Morgan fingerprint density at radius 1 is 0.885 bits per heavy atom. The first kappa shape index (κ1) is 19.3. The maximum absolute atomic E-state index is 11.8. The third-order valence-corrected chi connectivity index (χ3v) is 3.42. The maximum Gasteiger partial charge on any atom is 0.313 e. The van der Waals surface area contributed by atoms with Crippen molar-refractivity contribution in [2.24, 2.45) is 0 Å². The SMILES string of the molecule is CCOc1ccc(NC(=O)C(=O)NCC(=O)Nc2ccc(Cl)cc2)cc1. The van der Waals surface area contributed by atoms with Crippen molar-refractivity contribution in [3.8, 4) is 5.75 Å². The number of rotatable bonds is 6. The molecule has 0 radical (unpaired) electrons. The van der Waals surface area contributed by atoms with Crippen LogP contribution < -0.4 is 20.7 Å². The third kappa shape index (κ3) is 6.10. The molecule has 2 aromatic rings. The van der Waals surface area contributed by atoms with Gasteiger partial charge in [-0.1, -0.05) is 11.6 Å². The summed E-state index contributed by atoms with van der Waals surface area (Å²) in [5, 5.41) is 7.81. The predicted octanol–water partition coefficient (Wildman–Crippen LogP) is 2.43. The Bertz CT molecular complexity index is 776. The lowest BCUT2D eigenvalue weighted by Gasteiger charge is -2.08. The van der Waals surface area contributed by atoms with Gasteiger partial charge in [-0.05, 0) is 55.5 Å². The normalized spacial score (nSPS) is 9.92. The minimum Gasteiger partial charge on any atom is -0.494 e. The Balaban J connectivity index is 1.78. The molecule has 7 nitrogen and oxygen atoms in total. The van der Waals surface area contributed by atoms with Crippen molar-refractivity contribution >= 4 is 40.7 Å². The molecule has 0 spiro atoms. The summed E-state index contributed by atoms with van der Waals surface area (Å²) in [5.41, 5.74) is 0.978. The van der Waals surface area contributed by atoms with Crippen molar-refractivity contribution in [1.29, 1.82) is 0 Å². The zero-order valence-corrected chi connectivity index (χ0v) is 14.8. The maximum atomic E-state index is 11.8. The molecule has 0 saturated carbocycles. The van der Waals surface area contributed by atoms with E-state index in [9.17, 15) is 14.4 Å². The molecule has 8 heteroatoms. The highest BCUT2D eigenvalue weighted by Crippen LogP contribution is 2.15. The van der Waals surface area contributed by atoms with Gasteiger partial charge in [-0.15, -0.1) is 0 Å². The van der Waals surface area contributed by atoms with Crippen molar-refractivity contribution in [2.75, 3.05) is 23.8 Å². The Labute approximate surface area is 155 Å². The van der Waals surface area contributed by atoms with Crippen LogP contribution in [0, 0.1) is 0 Å². The second-order valence-electron chi connectivity index (χ2n) is 5.15. The molecule has 0 aliphatic carbocycles. The van der Waals surface area contributed by atoms with Crippen LogP contribution in [0.1, 0.15) is 6.92 Å². The molecule has 0 heterocycles. The highest BCUT2D eigenvalue weighted by molar-refractivity contribution is 6.40. The lowest BCUT2D eigenvalue weighted by atomic mass is 10.3.